The molecule has 1 rings (SSSR count). The van der Waals surface area contributed by atoms with Crippen LogP contribution in [0.25, 0.3) is 0 Å². The van der Waals surface area contributed by atoms with E-state index in [-0.39, 0.29) is 11.7 Å². The van der Waals surface area contributed by atoms with Gasteiger partial charge >= 0.3 is 0 Å². The number of nitrogens with two attached hydrogens (primary N) is 1. The average molecular weight is 260 g/mol. The van der Waals surface area contributed by atoms with Gasteiger partial charge in [0.2, 0.25) is 0 Å². The molecular formula is C9H10ClN3O2S. The Morgan fingerprint density at radius 3 is 2.75 bits per heavy atom. The fourth-order valence-electron chi connectivity index (χ4n) is 0.872. The van der Waals surface area contributed by atoms with Gasteiger partial charge in [-0.15, -0.1) is 0 Å². The zero-order valence-corrected chi connectivity index (χ0v) is 9.77. The lowest BCUT2D eigenvalue weighted by molar-refractivity contribution is -0.123. The molecule has 0 fully saturated rings. The van der Waals surface area contributed by atoms with Crippen LogP contribution < -0.4 is 21.3 Å². The van der Waals surface area contributed by atoms with Gasteiger partial charge < -0.3 is 10.5 Å². The van der Waals surface area contributed by atoms with E-state index in [1.165, 1.54) is 0 Å². The monoisotopic (exact) mass is 259 g/mol. The summed E-state index contributed by atoms with van der Waals surface area (Å²) in [5.74, 6) is 0.0300. The number of nitrogens with one attached hydrogen (secondary N) is 2. The molecule has 5 nitrogen and oxygen atoms in total. The second-order valence-corrected chi connectivity index (χ2v) is 3.60. The number of ether oxygens (including phenoxy) is 1. The van der Waals surface area contributed by atoms with Crippen LogP contribution in [0.1, 0.15) is 0 Å². The van der Waals surface area contributed by atoms with Crippen LogP contribution in [0.2, 0.25) is 5.02 Å². The van der Waals surface area contributed by atoms with Crippen molar-refractivity contribution < 1.29 is 9.53 Å². The number of hydrazine groups is 1. The van der Waals surface area contributed by atoms with Gasteiger partial charge in [-0.2, -0.15) is 0 Å². The summed E-state index contributed by atoms with van der Waals surface area (Å²) in [5, 5.41) is 0.420. The van der Waals surface area contributed by atoms with Crippen molar-refractivity contribution in [3.63, 3.8) is 0 Å². The van der Waals surface area contributed by atoms with E-state index in [2.05, 4.69) is 23.1 Å². The minimum absolute atomic E-state index is 0.0221. The Kier molecular flexibility index (Phi) is 4.81. The second kappa shape index (κ2) is 6.14. The third kappa shape index (κ3) is 4.33. The normalized spacial score (nSPS) is 9.31. The topological polar surface area (TPSA) is 76.4 Å². The largest absolute Gasteiger partial charge is 0.482 e. The SMILES string of the molecule is NC(=S)NNC(=O)COc1ccccc1Cl. The molecule has 0 saturated heterocycles. The number of benzene rings is 1. The summed E-state index contributed by atoms with van der Waals surface area (Å²) < 4.78 is 5.16. The molecule has 16 heavy (non-hydrogen) atoms. The summed E-state index contributed by atoms with van der Waals surface area (Å²) in [7, 11) is 0. The molecule has 1 aromatic carbocycles. The number of para-hydroxylation sites is 1. The standard InChI is InChI=1S/C9H10ClN3O2S/c10-6-3-1-2-4-7(6)15-5-8(14)12-13-9(11)16/h1-4H,5H2,(H,12,14)(H3,11,13,16). The van der Waals surface area contributed by atoms with Crippen molar-refractivity contribution in [3.05, 3.63) is 29.3 Å². The molecule has 0 spiro atoms. The van der Waals surface area contributed by atoms with Crippen LogP contribution in [0.3, 0.4) is 0 Å². The Labute approximate surface area is 103 Å². The fraction of sp³-hybridized carbons (Fsp3) is 0.111. The highest BCUT2D eigenvalue weighted by Gasteiger charge is 2.04. The maximum atomic E-state index is 11.2. The Morgan fingerprint density at radius 1 is 1.44 bits per heavy atom. The Morgan fingerprint density at radius 2 is 2.12 bits per heavy atom. The fourth-order valence-corrected chi connectivity index (χ4v) is 1.11. The minimum Gasteiger partial charge on any atom is -0.482 e. The van der Waals surface area contributed by atoms with Gasteiger partial charge in [0.1, 0.15) is 5.75 Å². The summed E-state index contributed by atoms with van der Waals surface area (Å²) in [4.78, 5) is 11.2. The molecule has 4 N–H and O–H groups in total. The Hall–Kier alpha value is -1.53. The molecule has 86 valence electrons. The van der Waals surface area contributed by atoms with Crippen LogP contribution in [0, 0.1) is 0 Å². The minimum atomic E-state index is -0.410. The van der Waals surface area contributed by atoms with E-state index in [0.717, 1.165) is 0 Å². The van der Waals surface area contributed by atoms with E-state index in [0.29, 0.717) is 10.8 Å². The van der Waals surface area contributed by atoms with Crippen LogP contribution in [0.4, 0.5) is 0 Å². The van der Waals surface area contributed by atoms with Gasteiger partial charge in [-0.05, 0) is 24.4 Å². The number of amides is 1. The third-order valence-electron chi connectivity index (χ3n) is 1.52. The van der Waals surface area contributed by atoms with Crippen LogP contribution >= 0.6 is 23.8 Å². The molecule has 0 aliphatic carbocycles. The summed E-state index contributed by atoms with van der Waals surface area (Å²) >= 11 is 10.3. The highest BCUT2D eigenvalue weighted by atomic mass is 35.5. The number of hydrogen-bond donors (Lipinski definition) is 3. The third-order valence-corrected chi connectivity index (χ3v) is 1.93. The number of hydrogen-bond acceptors (Lipinski definition) is 3. The molecule has 0 saturated carbocycles. The molecule has 0 aromatic heterocycles. The first-order valence-electron chi connectivity index (χ1n) is 4.31. The molecule has 0 heterocycles. The van der Waals surface area contributed by atoms with Crippen molar-refractivity contribution >= 4 is 34.8 Å². The van der Waals surface area contributed by atoms with Crippen LogP contribution in [-0.2, 0) is 4.79 Å². The molecule has 0 aliphatic rings. The zero-order chi connectivity index (χ0) is 12.0. The highest BCUT2D eigenvalue weighted by Crippen LogP contribution is 2.22. The second-order valence-electron chi connectivity index (χ2n) is 2.76. The molecule has 1 amide bonds. The lowest BCUT2D eigenvalue weighted by atomic mass is 10.3. The first-order chi connectivity index (χ1) is 7.59. The zero-order valence-electron chi connectivity index (χ0n) is 8.20. The number of carbonyl (C=O) groups excluding carboxylic acids is 1. The van der Waals surface area contributed by atoms with Crippen molar-refractivity contribution in [2.45, 2.75) is 0 Å². The summed E-state index contributed by atoms with van der Waals surface area (Å²) in [5.41, 5.74) is 9.66. The van der Waals surface area contributed by atoms with Crippen molar-refractivity contribution in [1.29, 1.82) is 0 Å². The predicted molar refractivity (Wildman–Crippen MR) is 65.0 cm³/mol. The number of carbonyl (C=O) groups is 1. The molecule has 0 aliphatic heterocycles. The molecular weight excluding hydrogens is 250 g/mol. The molecule has 7 heteroatoms. The Balaban J connectivity index is 2.37. The predicted octanol–water partition coefficient (Wildman–Crippen LogP) is 0.583. The van der Waals surface area contributed by atoms with E-state index in [1.807, 2.05) is 0 Å². The van der Waals surface area contributed by atoms with E-state index < -0.39 is 5.91 Å². The molecule has 0 radical (unpaired) electrons. The van der Waals surface area contributed by atoms with Crippen molar-refractivity contribution in [2.24, 2.45) is 5.73 Å². The smallest absolute Gasteiger partial charge is 0.276 e. The van der Waals surface area contributed by atoms with Crippen molar-refractivity contribution in [1.82, 2.24) is 10.9 Å². The summed E-state index contributed by atoms with van der Waals surface area (Å²) in [6.45, 7) is -0.181. The lowest BCUT2D eigenvalue weighted by Gasteiger charge is -2.08. The maximum absolute atomic E-state index is 11.2. The van der Waals surface area contributed by atoms with Crippen LogP contribution in [0.15, 0.2) is 24.3 Å². The van der Waals surface area contributed by atoms with Crippen molar-refractivity contribution in [2.75, 3.05) is 6.61 Å². The maximum Gasteiger partial charge on any atom is 0.276 e. The van der Waals surface area contributed by atoms with E-state index in [9.17, 15) is 4.79 Å². The van der Waals surface area contributed by atoms with Gasteiger partial charge in [-0.1, -0.05) is 23.7 Å². The molecule has 0 unspecified atom stereocenters. The Bertz CT molecular complexity index is 400. The number of halogens is 1. The average Bonchev–Trinajstić information content (AvgIpc) is 2.25. The van der Waals surface area contributed by atoms with E-state index >= 15 is 0 Å². The molecule has 1 aromatic rings. The van der Waals surface area contributed by atoms with Gasteiger partial charge in [0.25, 0.3) is 5.91 Å². The van der Waals surface area contributed by atoms with Gasteiger partial charge in [-0.3, -0.25) is 15.6 Å². The van der Waals surface area contributed by atoms with Crippen LogP contribution in [0.5, 0.6) is 5.75 Å². The van der Waals surface area contributed by atoms with Crippen LogP contribution in [-0.4, -0.2) is 17.6 Å². The first-order valence-corrected chi connectivity index (χ1v) is 5.10. The van der Waals surface area contributed by atoms with Gasteiger partial charge in [0.15, 0.2) is 11.7 Å². The first kappa shape index (κ1) is 12.5. The van der Waals surface area contributed by atoms with Crippen molar-refractivity contribution in [3.8, 4) is 5.75 Å². The summed E-state index contributed by atoms with van der Waals surface area (Å²) in [6.07, 6.45) is 0. The van der Waals surface area contributed by atoms with E-state index in [1.54, 1.807) is 24.3 Å². The highest BCUT2D eigenvalue weighted by molar-refractivity contribution is 7.80. The number of thiocarbonyl (C=S) groups is 1. The number of rotatable bonds is 3. The molecule has 0 atom stereocenters. The van der Waals surface area contributed by atoms with Gasteiger partial charge in [0, 0.05) is 0 Å². The van der Waals surface area contributed by atoms with E-state index in [4.69, 9.17) is 22.1 Å². The summed E-state index contributed by atoms with van der Waals surface area (Å²) in [6, 6.07) is 6.86. The quantitative estimate of drug-likeness (QED) is 0.547. The lowest BCUT2D eigenvalue weighted by Crippen LogP contribution is -2.46. The molecule has 0 bridgehead atoms. The van der Waals surface area contributed by atoms with Gasteiger partial charge in [0.05, 0.1) is 5.02 Å². The van der Waals surface area contributed by atoms with Gasteiger partial charge in [-0.25, -0.2) is 0 Å².